The molecule has 25 heavy (non-hydrogen) atoms. The van der Waals surface area contributed by atoms with Crippen molar-refractivity contribution in [1.29, 1.82) is 0 Å². The van der Waals surface area contributed by atoms with E-state index >= 15 is 0 Å². The summed E-state index contributed by atoms with van der Waals surface area (Å²) in [7, 11) is 1.55. The zero-order chi connectivity index (χ0) is 17.0. The maximum atomic E-state index is 12.3. The van der Waals surface area contributed by atoms with Crippen LogP contribution in [0.1, 0.15) is 43.6 Å². The number of fused-ring (bicyclic) bond motifs is 6. The molecule has 1 aliphatic carbocycles. The number of anilines is 1. The molecule has 4 heteroatoms. The average molecular weight is 340 g/mol. The molecule has 2 saturated heterocycles. The second kappa shape index (κ2) is 6.01. The predicted octanol–water partition coefficient (Wildman–Crippen LogP) is 3.25. The van der Waals surface area contributed by atoms with E-state index in [1.165, 1.54) is 43.6 Å². The third-order valence-electron chi connectivity index (χ3n) is 7.43. The summed E-state index contributed by atoms with van der Waals surface area (Å²) in [4.78, 5) is 15.1. The van der Waals surface area contributed by atoms with Gasteiger partial charge < -0.3 is 10.1 Å². The van der Waals surface area contributed by atoms with Crippen LogP contribution in [-0.4, -0.2) is 43.2 Å². The number of hydrogen-bond donors (Lipinski definition) is 1. The highest BCUT2D eigenvalue weighted by molar-refractivity contribution is 5.73. The number of methoxy groups -OCH3 is 1. The molecule has 3 aliphatic heterocycles. The lowest BCUT2D eigenvalue weighted by molar-refractivity contribution is -0.152. The summed E-state index contributed by atoms with van der Waals surface area (Å²) in [6, 6.07) is 9.88. The third-order valence-corrected chi connectivity index (χ3v) is 7.43. The Kier molecular flexibility index (Phi) is 3.77. The Bertz CT molecular complexity index is 676. The fraction of sp³-hybridized carbons (Fsp3) is 0.667. The van der Waals surface area contributed by atoms with Crippen molar-refractivity contribution < 1.29 is 9.53 Å². The van der Waals surface area contributed by atoms with Gasteiger partial charge in [-0.3, -0.25) is 9.69 Å². The van der Waals surface area contributed by atoms with E-state index in [1.54, 1.807) is 7.11 Å². The Morgan fingerprint density at radius 1 is 1.24 bits per heavy atom. The van der Waals surface area contributed by atoms with E-state index in [0.29, 0.717) is 29.8 Å². The Morgan fingerprint density at radius 3 is 3.00 bits per heavy atom. The summed E-state index contributed by atoms with van der Waals surface area (Å²) < 4.78 is 5.14. The van der Waals surface area contributed by atoms with Crippen LogP contribution in [0.5, 0.6) is 0 Å². The van der Waals surface area contributed by atoms with Crippen LogP contribution in [0.25, 0.3) is 0 Å². The number of carbonyl (C=O) groups excluding carboxylic acids is 1. The molecule has 1 aromatic rings. The summed E-state index contributed by atoms with van der Waals surface area (Å²) in [6.07, 6.45) is 5.87. The van der Waals surface area contributed by atoms with Crippen molar-refractivity contribution in [3.8, 4) is 0 Å². The van der Waals surface area contributed by atoms with E-state index in [-0.39, 0.29) is 11.9 Å². The van der Waals surface area contributed by atoms with Crippen molar-refractivity contribution >= 4 is 11.7 Å². The van der Waals surface area contributed by atoms with Crippen LogP contribution in [0.4, 0.5) is 5.69 Å². The molecular formula is C21H28N2O2. The molecule has 134 valence electrons. The zero-order valence-corrected chi connectivity index (χ0v) is 15.0. The normalized spacial score (nSPS) is 39.4. The van der Waals surface area contributed by atoms with Gasteiger partial charge in [-0.15, -0.1) is 0 Å². The molecule has 0 aromatic heterocycles. The highest BCUT2D eigenvalue weighted by Crippen LogP contribution is 2.49. The summed E-state index contributed by atoms with van der Waals surface area (Å²) in [5.41, 5.74) is 2.83. The number of benzene rings is 1. The molecule has 1 aromatic carbocycles. The van der Waals surface area contributed by atoms with Crippen molar-refractivity contribution in [2.45, 2.75) is 50.1 Å². The predicted molar refractivity (Wildman–Crippen MR) is 97.5 cm³/mol. The van der Waals surface area contributed by atoms with Crippen molar-refractivity contribution in [1.82, 2.24) is 4.90 Å². The fourth-order valence-corrected chi connectivity index (χ4v) is 6.31. The number of esters is 1. The fourth-order valence-electron chi connectivity index (χ4n) is 6.31. The second-order valence-corrected chi connectivity index (χ2v) is 8.44. The van der Waals surface area contributed by atoms with Gasteiger partial charge in [-0.1, -0.05) is 24.6 Å². The Labute approximate surface area is 149 Å². The number of carbonyl (C=O) groups is 1. The van der Waals surface area contributed by atoms with Gasteiger partial charge in [-0.05, 0) is 55.7 Å². The number of hydrogen-bond acceptors (Lipinski definition) is 4. The van der Waals surface area contributed by atoms with Crippen molar-refractivity contribution in [3.05, 3.63) is 29.8 Å². The van der Waals surface area contributed by atoms with Crippen LogP contribution in [0.15, 0.2) is 24.3 Å². The topological polar surface area (TPSA) is 41.6 Å². The first-order valence-corrected chi connectivity index (χ1v) is 9.93. The van der Waals surface area contributed by atoms with Crippen LogP contribution >= 0.6 is 0 Å². The molecule has 0 amide bonds. The first-order chi connectivity index (χ1) is 12.3. The molecule has 6 atom stereocenters. The molecule has 5 rings (SSSR count). The average Bonchev–Trinajstić information content (AvgIpc) is 3.04. The minimum atomic E-state index is 0.0261. The third kappa shape index (κ3) is 2.41. The number of ether oxygens (including phenoxy) is 1. The zero-order valence-electron chi connectivity index (χ0n) is 15.0. The maximum Gasteiger partial charge on any atom is 0.308 e. The highest BCUT2D eigenvalue weighted by atomic mass is 16.5. The molecule has 3 heterocycles. The SMILES string of the molecule is COC(=O)C1CCCC2CN3CCC4c5ccccc5NC4C3CC21. The standard InChI is InChI=1S/C21H28N2O2/c1-25-21(24)16-7-4-5-13-12-23-10-9-15-14-6-2-3-8-18(14)22-20(15)19(23)11-17(13)16/h2-3,6,8,13,15-17,19-20,22H,4-5,7,9-12H2,1H3. The molecule has 0 spiro atoms. The number of piperidine rings is 2. The molecule has 1 saturated carbocycles. The number of nitrogens with zero attached hydrogens (tertiary/aromatic N) is 1. The van der Waals surface area contributed by atoms with Crippen LogP contribution in [0.3, 0.4) is 0 Å². The molecule has 0 bridgehead atoms. The van der Waals surface area contributed by atoms with E-state index in [9.17, 15) is 4.79 Å². The quantitative estimate of drug-likeness (QED) is 0.797. The first kappa shape index (κ1) is 15.7. The lowest BCUT2D eigenvalue weighted by Crippen LogP contribution is -2.60. The van der Waals surface area contributed by atoms with E-state index < -0.39 is 0 Å². The van der Waals surface area contributed by atoms with Crippen LogP contribution in [0.2, 0.25) is 0 Å². The molecule has 1 N–H and O–H groups in total. The van der Waals surface area contributed by atoms with Crippen molar-refractivity contribution in [3.63, 3.8) is 0 Å². The molecule has 6 unspecified atom stereocenters. The minimum Gasteiger partial charge on any atom is -0.469 e. The molecule has 4 nitrogen and oxygen atoms in total. The van der Waals surface area contributed by atoms with Gasteiger partial charge >= 0.3 is 5.97 Å². The second-order valence-electron chi connectivity index (χ2n) is 8.44. The minimum absolute atomic E-state index is 0.0261. The first-order valence-electron chi connectivity index (χ1n) is 9.93. The Balaban J connectivity index is 1.41. The lowest BCUT2D eigenvalue weighted by Gasteiger charge is -2.53. The van der Waals surface area contributed by atoms with Gasteiger partial charge in [0.05, 0.1) is 13.0 Å². The molecule has 3 fully saturated rings. The van der Waals surface area contributed by atoms with E-state index in [4.69, 9.17) is 4.74 Å². The van der Waals surface area contributed by atoms with Crippen molar-refractivity contribution in [2.24, 2.45) is 17.8 Å². The maximum absolute atomic E-state index is 12.3. The van der Waals surface area contributed by atoms with Gasteiger partial charge in [-0.25, -0.2) is 0 Å². The van der Waals surface area contributed by atoms with Crippen LogP contribution < -0.4 is 5.32 Å². The van der Waals surface area contributed by atoms with Gasteiger partial charge in [0.25, 0.3) is 0 Å². The van der Waals surface area contributed by atoms with E-state index in [2.05, 4.69) is 34.5 Å². The van der Waals surface area contributed by atoms with Gasteiger partial charge in [0.1, 0.15) is 0 Å². The monoisotopic (exact) mass is 340 g/mol. The number of nitrogens with one attached hydrogen (secondary N) is 1. The molecule has 4 aliphatic rings. The Morgan fingerprint density at radius 2 is 2.12 bits per heavy atom. The van der Waals surface area contributed by atoms with Gasteiger partial charge in [0, 0.05) is 30.2 Å². The van der Waals surface area contributed by atoms with Gasteiger partial charge in [0.2, 0.25) is 0 Å². The van der Waals surface area contributed by atoms with Crippen LogP contribution in [-0.2, 0) is 9.53 Å². The summed E-state index contributed by atoms with van der Waals surface area (Å²) >= 11 is 0. The van der Waals surface area contributed by atoms with Gasteiger partial charge in [-0.2, -0.15) is 0 Å². The lowest BCUT2D eigenvalue weighted by atomic mass is 9.64. The summed E-state index contributed by atoms with van der Waals surface area (Å²) in [5, 5.41) is 3.83. The van der Waals surface area contributed by atoms with Crippen molar-refractivity contribution in [2.75, 3.05) is 25.5 Å². The van der Waals surface area contributed by atoms with Gasteiger partial charge in [0.15, 0.2) is 0 Å². The highest BCUT2D eigenvalue weighted by Gasteiger charge is 2.50. The number of rotatable bonds is 1. The Hall–Kier alpha value is -1.55. The smallest absolute Gasteiger partial charge is 0.308 e. The van der Waals surface area contributed by atoms with E-state index in [1.807, 2.05) is 0 Å². The summed E-state index contributed by atoms with van der Waals surface area (Å²) in [6.45, 7) is 2.37. The molecule has 0 radical (unpaired) electrons. The van der Waals surface area contributed by atoms with E-state index in [0.717, 1.165) is 12.8 Å². The largest absolute Gasteiger partial charge is 0.469 e. The number of para-hydroxylation sites is 1. The van der Waals surface area contributed by atoms with Crippen LogP contribution in [0, 0.1) is 17.8 Å². The summed E-state index contributed by atoms with van der Waals surface area (Å²) in [5.74, 6) is 1.96. The molecular weight excluding hydrogens is 312 g/mol.